The second-order valence-electron chi connectivity index (χ2n) is 3.59. The molecular weight excluding hydrogens is 178 g/mol. The molecule has 0 aliphatic carbocycles. The minimum atomic E-state index is -0.0593. The summed E-state index contributed by atoms with van der Waals surface area (Å²) in [5.74, 6) is 5.17. The molecule has 0 saturated heterocycles. The summed E-state index contributed by atoms with van der Waals surface area (Å²) in [6.45, 7) is 3.95. The highest BCUT2D eigenvalue weighted by atomic mass is 16.5. The van der Waals surface area contributed by atoms with E-state index in [1.54, 1.807) is 0 Å². The molecule has 86 valence electrons. The van der Waals surface area contributed by atoms with Gasteiger partial charge in [0.05, 0.1) is 6.17 Å². The Kier molecular flexibility index (Phi) is 10.8. The van der Waals surface area contributed by atoms with Crippen molar-refractivity contribution in [1.29, 1.82) is 0 Å². The highest BCUT2D eigenvalue weighted by Gasteiger charge is 1.97. The fraction of sp³-hybridized carbons (Fsp3) is 1.00. The monoisotopic (exact) mass is 203 g/mol. The fourth-order valence-electron chi connectivity index (χ4n) is 1.18. The Bertz CT molecular complexity index is 112. The lowest BCUT2D eigenvalue weighted by Gasteiger charge is -2.09. The van der Waals surface area contributed by atoms with Gasteiger partial charge in [-0.05, 0) is 19.3 Å². The molecule has 4 heteroatoms. The molecule has 0 aromatic heterocycles. The number of rotatable bonds is 10. The van der Waals surface area contributed by atoms with Gasteiger partial charge in [-0.2, -0.15) is 0 Å². The molecule has 0 saturated carbocycles. The first-order chi connectivity index (χ1) is 6.81. The molecule has 0 radical (unpaired) electrons. The van der Waals surface area contributed by atoms with Gasteiger partial charge in [-0.25, -0.2) is 5.43 Å². The zero-order chi connectivity index (χ0) is 10.6. The van der Waals surface area contributed by atoms with Gasteiger partial charge in [0.2, 0.25) is 0 Å². The molecule has 14 heavy (non-hydrogen) atoms. The van der Waals surface area contributed by atoms with Crippen LogP contribution in [-0.2, 0) is 4.74 Å². The van der Waals surface area contributed by atoms with Crippen LogP contribution in [0.2, 0.25) is 0 Å². The Labute approximate surface area is 87.3 Å². The SMILES string of the molecule is CCCCOCCCCCC(N)NN. The molecule has 0 aromatic rings. The van der Waals surface area contributed by atoms with Crippen molar-refractivity contribution in [2.45, 2.75) is 51.6 Å². The quantitative estimate of drug-likeness (QED) is 0.215. The van der Waals surface area contributed by atoms with E-state index in [9.17, 15) is 0 Å². The maximum Gasteiger partial charge on any atom is 0.0676 e. The maximum absolute atomic E-state index is 5.59. The predicted octanol–water partition coefficient (Wildman–Crippen LogP) is 1.11. The van der Waals surface area contributed by atoms with Crippen LogP contribution >= 0.6 is 0 Å². The molecule has 0 aliphatic heterocycles. The summed E-state index contributed by atoms with van der Waals surface area (Å²) in [5.41, 5.74) is 8.12. The van der Waals surface area contributed by atoms with Crippen LogP contribution in [0.5, 0.6) is 0 Å². The summed E-state index contributed by atoms with van der Waals surface area (Å²) in [6, 6.07) is 0. The van der Waals surface area contributed by atoms with Crippen LogP contribution in [0.4, 0.5) is 0 Å². The minimum Gasteiger partial charge on any atom is -0.381 e. The van der Waals surface area contributed by atoms with Crippen molar-refractivity contribution < 1.29 is 4.74 Å². The molecule has 0 rings (SSSR count). The number of unbranched alkanes of at least 4 members (excludes halogenated alkanes) is 3. The van der Waals surface area contributed by atoms with Gasteiger partial charge in [0.15, 0.2) is 0 Å². The van der Waals surface area contributed by atoms with Crippen LogP contribution < -0.4 is 17.0 Å². The number of nitrogens with two attached hydrogens (primary N) is 2. The van der Waals surface area contributed by atoms with Gasteiger partial charge in [0, 0.05) is 13.2 Å². The smallest absolute Gasteiger partial charge is 0.0676 e. The molecule has 0 spiro atoms. The second kappa shape index (κ2) is 10.9. The van der Waals surface area contributed by atoms with Crippen LogP contribution in [-0.4, -0.2) is 19.4 Å². The molecule has 0 fully saturated rings. The maximum atomic E-state index is 5.59. The van der Waals surface area contributed by atoms with Crippen molar-refractivity contribution in [3.05, 3.63) is 0 Å². The van der Waals surface area contributed by atoms with Gasteiger partial charge >= 0.3 is 0 Å². The van der Waals surface area contributed by atoms with Gasteiger partial charge in [-0.15, -0.1) is 0 Å². The van der Waals surface area contributed by atoms with Crippen molar-refractivity contribution >= 4 is 0 Å². The Morgan fingerprint density at radius 2 is 1.86 bits per heavy atom. The van der Waals surface area contributed by atoms with Crippen molar-refractivity contribution in [2.75, 3.05) is 13.2 Å². The first-order valence-corrected chi connectivity index (χ1v) is 5.60. The van der Waals surface area contributed by atoms with Gasteiger partial charge < -0.3 is 10.5 Å². The van der Waals surface area contributed by atoms with E-state index in [1.165, 1.54) is 19.3 Å². The van der Waals surface area contributed by atoms with E-state index in [0.29, 0.717) is 0 Å². The summed E-state index contributed by atoms with van der Waals surface area (Å²) < 4.78 is 5.44. The number of hydrazine groups is 1. The standard InChI is InChI=1S/C10H25N3O/c1-2-3-8-14-9-6-4-5-7-10(11)13-12/h10,13H,2-9,11-12H2,1H3. The molecular formula is C10H25N3O. The summed E-state index contributed by atoms with van der Waals surface area (Å²) in [7, 11) is 0. The lowest BCUT2D eigenvalue weighted by atomic mass is 10.2. The average Bonchev–Trinajstić information content (AvgIpc) is 2.21. The minimum absolute atomic E-state index is 0.0593. The van der Waals surface area contributed by atoms with Crippen LogP contribution in [0.15, 0.2) is 0 Å². The Balaban J connectivity index is 2.92. The second-order valence-corrected chi connectivity index (χ2v) is 3.59. The highest BCUT2D eigenvalue weighted by Crippen LogP contribution is 2.01. The summed E-state index contributed by atoms with van der Waals surface area (Å²) >= 11 is 0. The summed E-state index contributed by atoms with van der Waals surface area (Å²) in [4.78, 5) is 0. The third kappa shape index (κ3) is 9.92. The predicted molar refractivity (Wildman–Crippen MR) is 59.5 cm³/mol. The first-order valence-electron chi connectivity index (χ1n) is 5.60. The van der Waals surface area contributed by atoms with E-state index in [1.807, 2.05) is 0 Å². The zero-order valence-electron chi connectivity index (χ0n) is 9.30. The van der Waals surface area contributed by atoms with Crippen molar-refractivity contribution in [3.8, 4) is 0 Å². The molecule has 1 unspecified atom stereocenters. The van der Waals surface area contributed by atoms with E-state index in [-0.39, 0.29) is 6.17 Å². The average molecular weight is 203 g/mol. The molecule has 0 heterocycles. The Morgan fingerprint density at radius 1 is 1.14 bits per heavy atom. The molecule has 0 amide bonds. The van der Waals surface area contributed by atoms with E-state index < -0.39 is 0 Å². The van der Waals surface area contributed by atoms with Gasteiger partial charge in [0.25, 0.3) is 0 Å². The van der Waals surface area contributed by atoms with Gasteiger partial charge in [-0.1, -0.05) is 26.2 Å². The number of hydrogen-bond acceptors (Lipinski definition) is 4. The largest absolute Gasteiger partial charge is 0.381 e. The molecule has 5 N–H and O–H groups in total. The lowest BCUT2D eigenvalue weighted by molar-refractivity contribution is 0.127. The van der Waals surface area contributed by atoms with E-state index in [2.05, 4.69) is 12.3 Å². The molecule has 0 bridgehead atoms. The van der Waals surface area contributed by atoms with E-state index in [0.717, 1.165) is 32.5 Å². The third-order valence-electron chi connectivity index (χ3n) is 2.16. The molecule has 4 nitrogen and oxygen atoms in total. The third-order valence-corrected chi connectivity index (χ3v) is 2.16. The van der Waals surface area contributed by atoms with Crippen LogP contribution in [0.1, 0.15) is 45.4 Å². The Hall–Kier alpha value is -0.160. The van der Waals surface area contributed by atoms with E-state index >= 15 is 0 Å². The molecule has 0 aromatic carbocycles. The van der Waals surface area contributed by atoms with E-state index in [4.69, 9.17) is 16.3 Å². The fourth-order valence-corrected chi connectivity index (χ4v) is 1.18. The normalized spacial score (nSPS) is 13.1. The number of nitrogens with one attached hydrogen (secondary N) is 1. The van der Waals surface area contributed by atoms with Gasteiger partial charge in [0.1, 0.15) is 0 Å². The van der Waals surface area contributed by atoms with Crippen LogP contribution in [0.3, 0.4) is 0 Å². The Morgan fingerprint density at radius 3 is 2.50 bits per heavy atom. The molecule has 1 atom stereocenters. The highest BCUT2D eigenvalue weighted by molar-refractivity contribution is 4.53. The first kappa shape index (κ1) is 13.8. The van der Waals surface area contributed by atoms with Crippen molar-refractivity contribution in [1.82, 2.24) is 5.43 Å². The number of ether oxygens (including phenoxy) is 1. The molecule has 0 aliphatic rings. The summed E-state index contributed by atoms with van der Waals surface area (Å²) in [6.07, 6.45) is 6.66. The topological polar surface area (TPSA) is 73.3 Å². The zero-order valence-corrected chi connectivity index (χ0v) is 9.30. The van der Waals surface area contributed by atoms with Gasteiger partial charge in [-0.3, -0.25) is 5.84 Å². The summed E-state index contributed by atoms with van der Waals surface area (Å²) in [5, 5.41) is 0. The van der Waals surface area contributed by atoms with Crippen molar-refractivity contribution in [3.63, 3.8) is 0 Å². The number of hydrogen-bond donors (Lipinski definition) is 3. The van der Waals surface area contributed by atoms with Crippen LogP contribution in [0, 0.1) is 0 Å². The van der Waals surface area contributed by atoms with Crippen LogP contribution in [0.25, 0.3) is 0 Å². The van der Waals surface area contributed by atoms with Crippen molar-refractivity contribution in [2.24, 2.45) is 11.6 Å². The lowest BCUT2D eigenvalue weighted by Crippen LogP contribution is -2.41.